The Kier molecular flexibility index (Phi) is 8.34. The predicted octanol–water partition coefficient (Wildman–Crippen LogP) is 1.26. The molecule has 0 spiro atoms. The first-order valence-electron chi connectivity index (χ1n) is 9.42. The molecule has 0 aliphatic heterocycles. The molecule has 2 rings (SSSR count). The molecule has 0 atom stereocenters. The van der Waals surface area contributed by atoms with Crippen molar-refractivity contribution in [2.45, 2.75) is 32.7 Å². The fourth-order valence-corrected chi connectivity index (χ4v) is 2.83. The van der Waals surface area contributed by atoms with Gasteiger partial charge in [-0.1, -0.05) is 31.5 Å². The molecule has 1 aromatic heterocycles. The fourth-order valence-electron chi connectivity index (χ4n) is 2.68. The molecule has 8 nitrogen and oxygen atoms in total. The lowest BCUT2D eigenvalue weighted by molar-refractivity contribution is 0.0938. The van der Waals surface area contributed by atoms with E-state index in [1.54, 1.807) is 24.3 Å². The van der Waals surface area contributed by atoms with Gasteiger partial charge < -0.3 is 10.2 Å². The second-order valence-corrected chi connectivity index (χ2v) is 7.18. The number of carbonyl (C=O) groups excluding carboxylic acids is 1. The Bertz CT molecular complexity index is 880. The van der Waals surface area contributed by atoms with Gasteiger partial charge in [-0.15, -0.1) is 0 Å². The molecule has 1 heterocycles. The number of unbranched alkanes of at least 4 members (excludes halogenated alkanes) is 1. The van der Waals surface area contributed by atoms with Crippen molar-refractivity contribution in [1.82, 2.24) is 30.8 Å². The van der Waals surface area contributed by atoms with Gasteiger partial charge in [0, 0.05) is 18.5 Å². The summed E-state index contributed by atoms with van der Waals surface area (Å²) in [7, 11) is 4.02. The van der Waals surface area contributed by atoms with E-state index in [1.807, 2.05) is 21.0 Å². The first-order chi connectivity index (χ1) is 13.4. The number of aromatic nitrogens is 2. The van der Waals surface area contributed by atoms with Crippen molar-refractivity contribution >= 4 is 34.0 Å². The van der Waals surface area contributed by atoms with Crippen LogP contribution in [0.1, 0.15) is 36.7 Å². The van der Waals surface area contributed by atoms with Gasteiger partial charge in [-0.25, -0.2) is 4.68 Å². The molecule has 152 valence electrons. The minimum Gasteiger partial charge on any atom is -0.361 e. The van der Waals surface area contributed by atoms with E-state index in [4.69, 9.17) is 12.2 Å². The van der Waals surface area contributed by atoms with Crippen LogP contribution in [-0.4, -0.2) is 52.9 Å². The highest BCUT2D eigenvalue weighted by Gasteiger charge is 2.16. The van der Waals surface area contributed by atoms with Crippen LogP contribution in [0.4, 0.5) is 0 Å². The summed E-state index contributed by atoms with van der Waals surface area (Å²) in [6, 6.07) is 6.99. The number of nitrogens with zero attached hydrogens (tertiary/aromatic N) is 3. The van der Waals surface area contributed by atoms with E-state index in [-0.39, 0.29) is 11.3 Å². The molecule has 0 bridgehead atoms. The molecule has 1 aromatic carbocycles. The highest BCUT2D eigenvalue weighted by atomic mass is 32.1. The molecule has 0 aliphatic rings. The second-order valence-electron chi connectivity index (χ2n) is 6.77. The van der Waals surface area contributed by atoms with Crippen LogP contribution in [0.3, 0.4) is 0 Å². The minimum absolute atomic E-state index is 0.188. The lowest BCUT2D eigenvalue weighted by Crippen LogP contribution is -2.47. The summed E-state index contributed by atoms with van der Waals surface area (Å²) in [6.07, 6.45) is 2.67. The zero-order valence-corrected chi connectivity index (χ0v) is 17.4. The van der Waals surface area contributed by atoms with E-state index in [9.17, 15) is 9.59 Å². The number of aryl methyl sites for hydroxylation is 1. The monoisotopic (exact) mass is 404 g/mol. The average Bonchev–Trinajstić information content (AvgIpc) is 2.69. The van der Waals surface area contributed by atoms with E-state index in [2.05, 4.69) is 26.2 Å². The number of nitrogens with one attached hydrogen (secondary N) is 3. The number of benzene rings is 1. The molecule has 9 heteroatoms. The largest absolute Gasteiger partial charge is 0.361 e. The first kappa shape index (κ1) is 21.8. The third kappa shape index (κ3) is 6.00. The van der Waals surface area contributed by atoms with E-state index in [1.165, 1.54) is 4.68 Å². The maximum atomic E-state index is 12.7. The number of thiocarbonyl (C=S) groups is 1. The maximum absolute atomic E-state index is 12.7. The van der Waals surface area contributed by atoms with Crippen molar-refractivity contribution in [3.63, 3.8) is 0 Å². The number of amides is 1. The molecule has 2 aromatic rings. The summed E-state index contributed by atoms with van der Waals surface area (Å²) in [4.78, 5) is 27.4. The Morgan fingerprint density at radius 3 is 2.57 bits per heavy atom. The van der Waals surface area contributed by atoms with Gasteiger partial charge in [0.05, 0.1) is 5.39 Å². The summed E-state index contributed by atoms with van der Waals surface area (Å²) in [6.45, 7) is 4.15. The van der Waals surface area contributed by atoms with E-state index < -0.39 is 5.91 Å². The van der Waals surface area contributed by atoms with Crippen LogP contribution in [0.15, 0.2) is 29.1 Å². The molecule has 0 unspecified atom stereocenters. The van der Waals surface area contributed by atoms with Gasteiger partial charge in [0.1, 0.15) is 0 Å². The molecular formula is C19H28N6O2S. The number of hydrazine groups is 1. The lowest BCUT2D eigenvalue weighted by Gasteiger charge is -2.14. The van der Waals surface area contributed by atoms with Gasteiger partial charge in [0.15, 0.2) is 10.8 Å². The predicted molar refractivity (Wildman–Crippen MR) is 115 cm³/mol. The molecule has 3 N–H and O–H groups in total. The van der Waals surface area contributed by atoms with Crippen molar-refractivity contribution < 1.29 is 4.79 Å². The number of rotatable bonds is 8. The van der Waals surface area contributed by atoms with Gasteiger partial charge in [-0.3, -0.25) is 20.4 Å². The number of fused-ring (bicyclic) bond motifs is 1. The van der Waals surface area contributed by atoms with Crippen molar-refractivity contribution in [2.75, 3.05) is 27.2 Å². The van der Waals surface area contributed by atoms with Crippen LogP contribution in [0, 0.1) is 0 Å². The van der Waals surface area contributed by atoms with Crippen molar-refractivity contribution in [1.29, 1.82) is 0 Å². The van der Waals surface area contributed by atoms with Crippen molar-refractivity contribution in [2.24, 2.45) is 0 Å². The Hall–Kier alpha value is -2.52. The molecule has 0 fully saturated rings. The molecule has 0 aliphatic carbocycles. The Balaban J connectivity index is 2.09. The smallest absolute Gasteiger partial charge is 0.290 e. The van der Waals surface area contributed by atoms with E-state index >= 15 is 0 Å². The second kappa shape index (κ2) is 10.7. The third-order valence-electron chi connectivity index (χ3n) is 4.16. The fraction of sp³-hybridized carbons (Fsp3) is 0.474. The first-order valence-corrected chi connectivity index (χ1v) is 9.83. The minimum atomic E-state index is -0.445. The number of hydrogen-bond acceptors (Lipinski definition) is 5. The maximum Gasteiger partial charge on any atom is 0.290 e. The van der Waals surface area contributed by atoms with Gasteiger partial charge in [0.25, 0.3) is 11.5 Å². The SMILES string of the molecule is CCCCn1nc(C(=O)NNC(=S)NCCCN(C)C)c2ccccc2c1=O. The van der Waals surface area contributed by atoms with Crippen molar-refractivity contribution in [3.8, 4) is 0 Å². The zero-order chi connectivity index (χ0) is 20.5. The van der Waals surface area contributed by atoms with Crippen LogP contribution < -0.4 is 21.7 Å². The molecule has 0 radical (unpaired) electrons. The van der Waals surface area contributed by atoms with Crippen LogP contribution in [-0.2, 0) is 6.54 Å². The zero-order valence-electron chi connectivity index (χ0n) is 16.6. The van der Waals surface area contributed by atoms with E-state index in [0.29, 0.717) is 29.0 Å². The Morgan fingerprint density at radius 1 is 1.18 bits per heavy atom. The standard InChI is InChI=1S/C19H28N6O2S/c1-4-5-13-25-18(27)15-10-7-6-9-14(15)16(23-25)17(26)21-22-19(28)20-11-8-12-24(2)3/h6-7,9-10H,4-5,8,11-13H2,1-3H3,(H,21,26)(H2,20,22,28). The lowest BCUT2D eigenvalue weighted by atomic mass is 10.1. The summed E-state index contributed by atoms with van der Waals surface area (Å²) < 4.78 is 1.36. The topological polar surface area (TPSA) is 91.3 Å². The number of hydrogen-bond donors (Lipinski definition) is 3. The summed E-state index contributed by atoms with van der Waals surface area (Å²) in [5.41, 5.74) is 5.25. The van der Waals surface area contributed by atoms with Gasteiger partial charge in [-0.2, -0.15) is 5.10 Å². The van der Waals surface area contributed by atoms with Gasteiger partial charge in [0.2, 0.25) is 0 Å². The molecular weight excluding hydrogens is 376 g/mol. The average molecular weight is 405 g/mol. The Labute approximate surface area is 170 Å². The van der Waals surface area contributed by atoms with E-state index in [0.717, 1.165) is 25.8 Å². The number of carbonyl (C=O) groups is 1. The summed E-state index contributed by atoms with van der Waals surface area (Å²) in [5.74, 6) is -0.445. The van der Waals surface area contributed by atoms with Gasteiger partial charge >= 0.3 is 0 Å². The molecule has 0 saturated carbocycles. The summed E-state index contributed by atoms with van der Waals surface area (Å²) in [5, 5.41) is 8.65. The van der Waals surface area contributed by atoms with Crippen LogP contribution >= 0.6 is 12.2 Å². The van der Waals surface area contributed by atoms with Gasteiger partial charge in [-0.05, 0) is 51.8 Å². The molecule has 0 saturated heterocycles. The van der Waals surface area contributed by atoms with Crippen molar-refractivity contribution in [3.05, 3.63) is 40.3 Å². The normalized spacial score (nSPS) is 10.9. The molecule has 1 amide bonds. The van der Waals surface area contributed by atoms with Crippen LogP contribution in [0.25, 0.3) is 10.8 Å². The quantitative estimate of drug-likeness (QED) is 0.347. The highest BCUT2D eigenvalue weighted by Crippen LogP contribution is 2.13. The Morgan fingerprint density at radius 2 is 1.89 bits per heavy atom. The van der Waals surface area contributed by atoms with Crippen LogP contribution in [0.2, 0.25) is 0 Å². The van der Waals surface area contributed by atoms with Crippen LogP contribution in [0.5, 0.6) is 0 Å². The molecule has 28 heavy (non-hydrogen) atoms. The highest BCUT2D eigenvalue weighted by molar-refractivity contribution is 7.80. The third-order valence-corrected chi connectivity index (χ3v) is 4.41. The summed E-state index contributed by atoms with van der Waals surface area (Å²) >= 11 is 5.17.